The van der Waals surface area contributed by atoms with Gasteiger partial charge in [-0.2, -0.15) is 0 Å². The predicted octanol–water partition coefficient (Wildman–Crippen LogP) is 5.28. The second-order valence-corrected chi connectivity index (χ2v) is 10.5. The first-order valence-electron chi connectivity index (χ1n) is 11.2. The minimum Gasteiger partial charge on any atom is -0.326 e. The average Bonchev–Trinajstić information content (AvgIpc) is 3.22. The maximum Gasteiger partial charge on any atom is 0.232 e. The second kappa shape index (κ2) is 8.52. The first-order valence-corrected chi connectivity index (χ1v) is 13.0. The number of amides is 1. The first kappa shape index (κ1) is 21.5. The van der Waals surface area contributed by atoms with Crippen LogP contribution in [0.3, 0.4) is 0 Å². The van der Waals surface area contributed by atoms with Crippen LogP contribution in [0, 0.1) is 0 Å². The number of carbonyl (C=O) groups excluding carboxylic acids is 1. The number of sulfonamides is 1. The lowest BCUT2D eigenvalue weighted by atomic mass is 10.0. The van der Waals surface area contributed by atoms with E-state index in [4.69, 9.17) is 0 Å². The maximum atomic E-state index is 12.7. The molecule has 1 aliphatic rings. The summed E-state index contributed by atoms with van der Waals surface area (Å²) in [6, 6.07) is 23.8. The van der Waals surface area contributed by atoms with Gasteiger partial charge >= 0.3 is 0 Å². The molecule has 0 aliphatic heterocycles. The molecule has 5 rings (SSSR count). The molecular formula is C27H26N2O3S. The molecule has 1 aliphatic carbocycles. The van der Waals surface area contributed by atoms with Crippen molar-refractivity contribution in [2.75, 3.05) is 22.4 Å². The number of anilines is 2. The monoisotopic (exact) mass is 458 g/mol. The molecule has 0 radical (unpaired) electrons. The molecule has 0 unspecified atom stereocenters. The van der Waals surface area contributed by atoms with Crippen molar-refractivity contribution >= 4 is 48.9 Å². The third-order valence-corrected chi connectivity index (χ3v) is 7.53. The highest BCUT2D eigenvalue weighted by molar-refractivity contribution is 7.92. The molecule has 1 N–H and O–H groups in total. The first-order chi connectivity index (χ1) is 15.9. The smallest absolute Gasteiger partial charge is 0.232 e. The number of benzene rings is 4. The van der Waals surface area contributed by atoms with Gasteiger partial charge in [-0.25, -0.2) is 8.42 Å². The number of nitrogens with one attached hydrogen (secondary N) is 1. The molecule has 168 valence electrons. The van der Waals surface area contributed by atoms with Gasteiger partial charge in [0.25, 0.3) is 0 Å². The highest BCUT2D eigenvalue weighted by Gasteiger charge is 2.19. The summed E-state index contributed by atoms with van der Waals surface area (Å²) in [4.78, 5) is 12.7. The zero-order valence-corrected chi connectivity index (χ0v) is 19.4. The van der Waals surface area contributed by atoms with E-state index in [1.807, 2.05) is 60.7 Å². The Morgan fingerprint density at radius 2 is 1.67 bits per heavy atom. The second-order valence-electron chi connectivity index (χ2n) is 8.63. The Kier molecular flexibility index (Phi) is 5.54. The summed E-state index contributed by atoms with van der Waals surface area (Å²) < 4.78 is 26.3. The van der Waals surface area contributed by atoms with Crippen LogP contribution in [-0.2, 0) is 27.7 Å². The van der Waals surface area contributed by atoms with Crippen LogP contribution in [0.1, 0.15) is 24.0 Å². The number of carbonyl (C=O) groups is 1. The zero-order chi connectivity index (χ0) is 23.0. The average molecular weight is 459 g/mol. The summed E-state index contributed by atoms with van der Waals surface area (Å²) in [6.07, 6.45) is 3.95. The number of fused-ring (bicyclic) bond motifs is 1. The fourth-order valence-corrected chi connectivity index (χ4v) is 5.73. The van der Waals surface area contributed by atoms with E-state index in [9.17, 15) is 13.2 Å². The van der Waals surface area contributed by atoms with E-state index in [1.165, 1.54) is 27.1 Å². The lowest BCUT2D eigenvalue weighted by Crippen LogP contribution is -2.31. The summed E-state index contributed by atoms with van der Waals surface area (Å²) in [6.45, 7) is 0.244. The zero-order valence-electron chi connectivity index (χ0n) is 18.5. The molecule has 0 atom stereocenters. The van der Waals surface area contributed by atoms with Crippen molar-refractivity contribution in [2.45, 2.75) is 25.7 Å². The van der Waals surface area contributed by atoms with Crippen LogP contribution < -0.4 is 9.62 Å². The normalized spacial score (nSPS) is 12.9. The molecule has 33 heavy (non-hydrogen) atoms. The number of hydrogen-bond donors (Lipinski definition) is 1. The van der Waals surface area contributed by atoms with E-state index in [-0.39, 0.29) is 18.9 Å². The van der Waals surface area contributed by atoms with Crippen molar-refractivity contribution in [3.63, 3.8) is 0 Å². The molecule has 4 aromatic rings. The van der Waals surface area contributed by atoms with Crippen LogP contribution in [0.2, 0.25) is 0 Å². The van der Waals surface area contributed by atoms with Gasteiger partial charge in [0.1, 0.15) is 0 Å². The minimum atomic E-state index is -3.47. The molecule has 0 heterocycles. The predicted molar refractivity (Wildman–Crippen MR) is 135 cm³/mol. The molecule has 0 bridgehead atoms. The van der Waals surface area contributed by atoms with Gasteiger partial charge in [0, 0.05) is 24.0 Å². The van der Waals surface area contributed by atoms with Gasteiger partial charge in [0.05, 0.1) is 11.9 Å². The molecule has 1 amide bonds. The van der Waals surface area contributed by atoms with Crippen molar-refractivity contribution < 1.29 is 13.2 Å². The molecule has 0 fully saturated rings. The molecule has 6 heteroatoms. The molecule has 5 nitrogen and oxygen atoms in total. The van der Waals surface area contributed by atoms with E-state index in [1.54, 1.807) is 0 Å². The molecule has 0 saturated heterocycles. The summed E-state index contributed by atoms with van der Waals surface area (Å²) >= 11 is 0. The minimum absolute atomic E-state index is 0.110. The Bertz CT molecular complexity index is 1470. The van der Waals surface area contributed by atoms with Gasteiger partial charge in [-0.1, -0.05) is 54.6 Å². The molecule has 0 aromatic heterocycles. The topological polar surface area (TPSA) is 66.5 Å². The van der Waals surface area contributed by atoms with Crippen LogP contribution in [0.15, 0.2) is 72.8 Å². The summed E-state index contributed by atoms with van der Waals surface area (Å²) in [7, 11) is -3.47. The fourth-order valence-electron chi connectivity index (χ4n) is 4.77. The number of nitrogens with zero attached hydrogens (tertiary/aromatic N) is 1. The number of rotatable bonds is 7. The van der Waals surface area contributed by atoms with Crippen molar-refractivity contribution in [1.29, 1.82) is 0 Å². The van der Waals surface area contributed by atoms with Gasteiger partial charge in [-0.15, -0.1) is 0 Å². The lowest BCUT2D eigenvalue weighted by molar-refractivity contribution is -0.116. The largest absolute Gasteiger partial charge is 0.326 e. The van der Waals surface area contributed by atoms with E-state index in [0.717, 1.165) is 34.7 Å². The molecular weight excluding hydrogens is 432 g/mol. The van der Waals surface area contributed by atoms with E-state index < -0.39 is 10.0 Å². The van der Waals surface area contributed by atoms with Crippen molar-refractivity contribution in [2.24, 2.45) is 0 Å². The van der Waals surface area contributed by atoms with E-state index in [2.05, 4.69) is 17.4 Å². The highest BCUT2D eigenvalue weighted by atomic mass is 32.2. The van der Waals surface area contributed by atoms with Gasteiger partial charge in [-0.3, -0.25) is 9.10 Å². The number of hydrogen-bond acceptors (Lipinski definition) is 3. The maximum absolute atomic E-state index is 12.7. The standard InChI is InChI=1S/C27H26N2O3S/c1-33(31,32)29(23-15-13-19-6-2-3-7-22(19)18-23)17-5-10-26(30)28-25-16-14-21-12-11-20-8-4-9-24(25)27(20)21/h2-4,6-9,13-16,18H,5,10-12,17H2,1H3,(H,28,30). The van der Waals surface area contributed by atoms with Gasteiger partial charge in [-0.05, 0) is 64.7 Å². The van der Waals surface area contributed by atoms with Crippen LogP contribution in [-0.4, -0.2) is 27.1 Å². The SMILES string of the molecule is CS(=O)(=O)N(CCCC(=O)Nc1ccc2c3c(cccc13)CC2)c1ccc2ccccc2c1. The highest BCUT2D eigenvalue weighted by Crippen LogP contribution is 2.35. The Morgan fingerprint density at radius 1 is 0.909 bits per heavy atom. The van der Waals surface area contributed by atoms with Crippen molar-refractivity contribution in [3.05, 3.63) is 83.9 Å². The Balaban J connectivity index is 1.28. The van der Waals surface area contributed by atoms with Gasteiger partial charge < -0.3 is 5.32 Å². The summed E-state index contributed by atoms with van der Waals surface area (Å²) in [5, 5.41) is 7.40. The fraction of sp³-hybridized carbons (Fsp3) is 0.222. The van der Waals surface area contributed by atoms with Crippen LogP contribution in [0.5, 0.6) is 0 Å². The van der Waals surface area contributed by atoms with Gasteiger partial charge in [0.2, 0.25) is 15.9 Å². The number of aryl methyl sites for hydroxylation is 2. The van der Waals surface area contributed by atoms with Crippen LogP contribution >= 0.6 is 0 Å². The Labute approximate surface area is 194 Å². The summed E-state index contributed by atoms with van der Waals surface area (Å²) in [5.41, 5.74) is 4.09. The van der Waals surface area contributed by atoms with Crippen LogP contribution in [0.25, 0.3) is 21.5 Å². The summed E-state index contributed by atoms with van der Waals surface area (Å²) in [5.74, 6) is -0.110. The lowest BCUT2D eigenvalue weighted by Gasteiger charge is -2.23. The Morgan fingerprint density at radius 3 is 2.45 bits per heavy atom. The third kappa shape index (κ3) is 4.31. The molecule has 4 aromatic carbocycles. The molecule has 0 saturated carbocycles. The van der Waals surface area contributed by atoms with Crippen molar-refractivity contribution in [1.82, 2.24) is 0 Å². The van der Waals surface area contributed by atoms with Crippen LogP contribution in [0.4, 0.5) is 11.4 Å². The molecule has 0 spiro atoms. The Hall–Kier alpha value is -3.38. The van der Waals surface area contributed by atoms with Crippen molar-refractivity contribution in [3.8, 4) is 0 Å². The third-order valence-electron chi connectivity index (χ3n) is 6.34. The van der Waals surface area contributed by atoms with E-state index >= 15 is 0 Å². The quantitative estimate of drug-likeness (QED) is 0.410. The van der Waals surface area contributed by atoms with Gasteiger partial charge in [0.15, 0.2) is 0 Å². The van der Waals surface area contributed by atoms with E-state index in [0.29, 0.717) is 12.1 Å².